The lowest BCUT2D eigenvalue weighted by Gasteiger charge is -2.41. The maximum atomic E-state index is 4.80. The van der Waals surface area contributed by atoms with E-state index in [1.165, 1.54) is 56.8 Å². The van der Waals surface area contributed by atoms with Crippen LogP contribution in [-0.2, 0) is 32.5 Å². The second-order valence-electron chi connectivity index (χ2n) is 8.00. The molecule has 1 atom stereocenters. The standard InChI is InChI=1S/C21H29N5/c1-2-4-18-13-20(6-5-17(18)3-1)25-11-9-24(10-12-25)16-19-14-21-15-22-7-8-26(21)23-19/h1-4,14,20,22H,5-13,15-16H2. The van der Waals surface area contributed by atoms with Gasteiger partial charge in [0.2, 0.25) is 0 Å². The Balaban J connectivity index is 1.16. The number of aromatic nitrogens is 2. The fraction of sp³-hybridized carbons (Fsp3) is 0.571. The summed E-state index contributed by atoms with van der Waals surface area (Å²) in [6.45, 7) is 8.73. The first kappa shape index (κ1) is 16.5. The van der Waals surface area contributed by atoms with Crippen molar-refractivity contribution in [1.29, 1.82) is 0 Å². The summed E-state index contributed by atoms with van der Waals surface area (Å²) in [5, 5.41) is 8.23. The lowest BCUT2D eigenvalue weighted by molar-refractivity contribution is 0.0848. The topological polar surface area (TPSA) is 36.3 Å². The second kappa shape index (κ2) is 7.14. The molecular formula is C21H29N5. The zero-order chi connectivity index (χ0) is 17.3. The summed E-state index contributed by atoms with van der Waals surface area (Å²) in [6, 6.07) is 12.0. The molecule has 1 unspecified atom stereocenters. The van der Waals surface area contributed by atoms with Crippen LogP contribution in [0, 0.1) is 0 Å². The van der Waals surface area contributed by atoms with Crippen molar-refractivity contribution in [1.82, 2.24) is 24.9 Å². The van der Waals surface area contributed by atoms with Crippen molar-refractivity contribution in [2.75, 3.05) is 32.7 Å². The summed E-state index contributed by atoms with van der Waals surface area (Å²) < 4.78 is 2.18. The number of nitrogens with one attached hydrogen (secondary N) is 1. The van der Waals surface area contributed by atoms with Gasteiger partial charge in [0.1, 0.15) is 0 Å². The van der Waals surface area contributed by atoms with Crippen LogP contribution in [-0.4, -0.2) is 58.3 Å². The number of rotatable bonds is 3. The Labute approximate surface area is 156 Å². The first-order valence-electron chi connectivity index (χ1n) is 10.1. The fourth-order valence-electron chi connectivity index (χ4n) is 4.84. The molecule has 3 aliphatic rings. The molecule has 5 nitrogen and oxygen atoms in total. The lowest BCUT2D eigenvalue weighted by Crippen LogP contribution is -2.51. The summed E-state index contributed by atoms with van der Waals surface area (Å²) in [5.74, 6) is 0. The van der Waals surface area contributed by atoms with Crippen molar-refractivity contribution in [3.05, 3.63) is 52.8 Å². The molecule has 1 aromatic carbocycles. The minimum atomic E-state index is 0.734. The molecule has 0 amide bonds. The van der Waals surface area contributed by atoms with E-state index < -0.39 is 0 Å². The maximum Gasteiger partial charge on any atom is 0.0768 e. The molecule has 2 aromatic rings. The molecule has 0 spiro atoms. The SMILES string of the molecule is c1ccc2c(c1)CCC(N1CCN(Cc3cc4n(n3)CCNC4)CC1)C2. The molecule has 0 bridgehead atoms. The van der Waals surface area contributed by atoms with Crippen molar-refractivity contribution < 1.29 is 0 Å². The molecule has 1 fully saturated rings. The van der Waals surface area contributed by atoms with Crippen LogP contribution in [0.4, 0.5) is 0 Å². The number of hydrogen-bond donors (Lipinski definition) is 1. The molecule has 5 rings (SSSR count). The number of hydrogen-bond acceptors (Lipinski definition) is 4. The van der Waals surface area contributed by atoms with E-state index in [1.807, 2.05) is 0 Å². The van der Waals surface area contributed by atoms with Gasteiger partial charge in [0.15, 0.2) is 0 Å². The van der Waals surface area contributed by atoms with E-state index >= 15 is 0 Å². The van der Waals surface area contributed by atoms with Gasteiger partial charge >= 0.3 is 0 Å². The highest BCUT2D eigenvalue weighted by molar-refractivity contribution is 5.30. The normalized spacial score (nSPS) is 24.2. The Kier molecular flexibility index (Phi) is 4.53. The van der Waals surface area contributed by atoms with Crippen LogP contribution < -0.4 is 5.32 Å². The summed E-state index contributed by atoms with van der Waals surface area (Å²) in [4.78, 5) is 5.31. The summed E-state index contributed by atoms with van der Waals surface area (Å²) in [5.41, 5.74) is 5.72. The fourth-order valence-corrected chi connectivity index (χ4v) is 4.84. The molecule has 138 valence electrons. The number of nitrogens with zero attached hydrogens (tertiary/aromatic N) is 4. The Morgan fingerprint density at radius 3 is 2.73 bits per heavy atom. The molecule has 2 aliphatic heterocycles. The first-order valence-corrected chi connectivity index (χ1v) is 10.1. The molecular weight excluding hydrogens is 322 g/mol. The minimum absolute atomic E-state index is 0.734. The molecule has 26 heavy (non-hydrogen) atoms. The average Bonchev–Trinajstić information content (AvgIpc) is 3.10. The van der Waals surface area contributed by atoms with E-state index in [4.69, 9.17) is 5.10 Å². The van der Waals surface area contributed by atoms with Gasteiger partial charge in [-0.05, 0) is 36.5 Å². The Morgan fingerprint density at radius 1 is 1.04 bits per heavy atom. The molecule has 1 aromatic heterocycles. The second-order valence-corrected chi connectivity index (χ2v) is 8.00. The third-order valence-electron chi connectivity index (χ3n) is 6.35. The van der Waals surface area contributed by atoms with Crippen molar-refractivity contribution in [2.45, 2.75) is 44.9 Å². The van der Waals surface area contributed by atoms with Crippen molar-refractivity contribution in [3.8, 4) is 0 Å². The van der Waals surface area contributed by atoms with Crippen LogP contribution >= 0.6 is 0 Å². The molecule has 1 saturated heterocycles. The van der Waals surface area contributed by atoms with Gasteiger partial charge in [0.05, 0.1) is 17.9 Å². The lowest BCUT2D eigenvalue weighted by atomic mass is 9.87. The van der Waals surface area contributed by atoms with E-state index in [0.717, 1.165) is 32.2 Å². The number of aryl methyl sites for hydroxylation is 1. The van der Waals surface area contributed by atoms with Gasteiger partial charge in [-0.2, -0.15) is 5.10 Å². The van der Waals surface area contributed by atoms with Crippen LogP contribution in [0.5, 0.6) is 0 Å². The van der Waals surface area contributed by atoms with Gasteiger partial charge in [-0.15, -0.1) is 0 Å². The van der Waals surface area contributed by atoms with Gasteiger partial charge < -0.3 is 5.32 Å². The summed E-state index contributed by atoms with van der Waals surface area (Å²) >= 11 is 0. The van der Waals surface area contributed by atoms with E-state index in [2.05, 4.69) is 50.1 Å². The molecule has 0 radical (unpaired) electrons. The van der Waals surface area contributed by atoms with Crippen molar-refractivity contribution >= 4 is 0 Å². The Morgan fingerprint density at radius 2 is 1.88 bits per heavy atom. The Hall–Kier alpha value is -1.69. The zero-order valence-electron chi connectivity index (χ0n) is 15.5. The molecule has 1 aliphatic carbocycles. The number of fused-ring (bicyclic) bond motifs is 2. The van der Waals surface area contributed by atoms with E-state index in [1.54, 1.807) is 11.1 Å². The molecule has 3 heterocycles. The Bertz CT molecular complexity index is 736. The van der Waals surface area contributed by atoms with Gasteiger partial charge in [0, 0.05) is 51.9 Å². The van der Waals surface area contributed by atoms with Gasteiger partial charge in [-0.25, -0.2) is 0 Å². The van der Waals surface area contributed by atoms with Gasteiger partial charge in [0.25, 0.3) is 0 Å². The van der Waals surface area contributed by atoms with Crippen LogP contribution in [0.25, 0.3) is 0 Å². The molecule has 1 N–H and O–H groups in total. The predicted molar refractivity (Wildman–Crippen MR) is 103 cm³/mol. The molecule has 5 heteroatoms. The van der Waals surface area contributed by atoms with E-state index in [0.29, 0.717) is 0 Å². The highest BCUT2D eigenvalue weighted by Crippen LogP contribution is 2.25. The molecule has 0 saturated carbocycles. The van der Waals surface area contributed by atoms with E-state index in [-0.39, 0.29) is 0 Å². The zero-order valence-corrected chi connectivity index (χ0v) is 15.5. The van der Waals surface area contributed by atoms with Gasteiger partial charge in [-0.1, -0.05) is 24.3 Å². The maximum absolute atomic E-state index is 4.80. The summed E-state index contributed by atoms with van der Waals surface area (Å²) in [7, 11) is 0. The largest absolute Gasteiger partial charge is 0.309 e. The van der Waals surface area contributed by atoms with Crippen LogP contribution in [0.3, 0.4) is 0 Å². The van der Waals surface area contributed by atoms with Crippen LogP contribution in [0.2, 0.25) is 0 Å². The number of piperazine rings is 1. The van der Waals surface area contributed by atoms with Crippen molar-refractivity contribution in [3.63, 3.8) is 0 Å². The summed E-state index contributed by atoms with van der Waals surface area (Å²) in [6.07, 6.45) is 3.80. The predicted octanol–water partition coefficient (Wildman–Crippen LogP) is 1.66. The van der Waals surface area contributed by atoms with Crippen LogP contribution in [0.15, 0.2) is 30.3 Å². The third kappa shape index (κ3) is 3.31. The quantitative estimate of drug-likeness (QED) is 0.913. The first-order chi connectivity index (χ1) is 12.8. The number of benzene rings is 1. The van der Waals surface area contributed by atoms with E-state index in [9.17, 15) is 0 Å². The highest BCUT2D eigenvalue weighted by Gasteiger charge is 2.27. The minimum Gasteiger partial charge on any atom is -0.309 e. The highest BCUT2D eigenvalue weighted by atomic mass is 15.3. The average molecular weight is 351 g/mol. The van der Waals surface area contributed by atoms with Crippen molar-refractivity contribution in [2.24, 2.45) is 0 Å². The third-order valence-corrected chi connectivity index (χ3v) is 6.35. The van der Waals surface area contributed by atoms with Crippen LogP contribution in [0.1, 0.15) is 28.9 Å². The van der Waals surface area contributed by atoms with Gasteiger partial charge in [-0.3, -0.25) is 14.5 Å². The smallest absolute Gasteiger partial charge is 0.0768 e. The monoisotopic (exact) mass is 351 g/mol.